The Balaban J connectivity index is 1.70. The lowest BCUT2D eigenvalue weighted by atomic mass is 10.0. The van der Waals surface area contributed by atoms with Crippen LogP contribution in [0.25, 0.3) is 6.08 Å². The molecule has 0 unspecified atom stereocenters. The number of carbonyl (C=O) groups is 1. The van der Waals surface area contributed by atoms with Crippen LogP contribution in [0.3, 0.4) is 0 Å². The SMILES string of the molecule is CCCCCCCCCCCCCCCCCCCCCCCCCCCCCCCCCCCOC(=O)/C=C/c1ccc(O)c(OC)c1. The maximum Gasteiger partial charge on any atom is 0.330 e. The number of methoxy groups -OCH3 is 1. The average Bonchev–Trinajstić information content (AvgIpc) is 3.11. The molecule has 0 saturated heterocycles. The van der Waals surface area contributed by atoms with Gasteiger partial charge in [0.1, 0.15) is 0 Å². The maximum absolute atomic E-state index is 11.9. The minimum absolute atomic E-state index is 0.0823. The molecule has 0 aliphatic heterocycles. The van der Waals surface area contributed by atoms with Crippen LogP contribution in [0.5, 0.6) is 11.5 Å². The molecule has 1 rings (SSSR count). The van der Waals surface area contributed by atoms with Gasteiger partial charge in [0.15, 0.2) is 11.5 Å². The number of esters is 1. The Kier molecular flexibility index (Phi) is 33.0. The van der Waals surface area contributed by atoms with E-state index in [-0.39, 0.29) is 11.7 Å². The topological polar surface area (TPSA) is 55.8 Å². The van der Waals surface area contributed by atoms with E-state index in [1.54, 1.807) is 24.3 Å². The number of ether oxygens (including phenoxy) is 2. The van der Waals surface area contributed by atoms with Gasteiger partial charge in [0.05, 0.1) is 13.7 Å². The number of rotatable bonds is 37. The van der Waals surface area contributed by atoms with Crippen LogP contribution in [-0.4, -0.2) is 24.8 Å². The first kappa shape index (κ1) is 45.1. The molecule has 0 aliphatic rings. The zero-order valence-corrected chi connectivity index (χ0v) is 32.6. The van der Waals surface area contributed by atoms with Crippen LogP contribution in [0, 0.1) is 0 Å². The van der Waals surface area contributed by atoms with Gasteiger partial charge in [0, 0.05) is 6.08 Å². The number of unbranched alkanes of at least 4 members (excludes halogenated alkanes) is 32. The molecule has 0 bridgehead atoms. The zero-order valence-electron chi connectivity index (χ0n) is 32.6. The van der Waals surface area contributed by atoms with Crippen molar-refractivity contribution in [3.8, 4) is 11.5 Å². The molecule has 0 amide bonds. The van der Waals surface area contributed by atoms with Crippen molar-refractivity contribution < 1.29 is 19.4 Å². The van der Waals surface area contributed by atoms with E-state index in [1.807, 2.05) is 0 Å². The van der Waals surface area contributed by atoms with Crippen LogP contribution in [0.1, 0.15) is 224 Å². The van der Waals surface area contributed by atoms with Crippen molar-refractivity contribution >= 4 is 12.0 Å². The average molecular weight is 685 g/mol. The Hall–Kier alpha value is -1.97. The van der Waals surface area contributed by atoms with Crippen LogP contribution < -0.4 is 4.74 Å². The van der Waals surface area contributed by atoms with E-state index in [0.717, 1.165) is 18.4 Å². The second-order valence-electron chi connectivity index (χ2n) is 14.7. The van der Waals surface area contributed by atoms with Crippen molar-refractivity contribution in [2.45, 2.75) is 219 Å². The van der Waals surface area contributed by atoms with E-state index in [9.17, 15) is 9.90 Å². The van der Waals surface area contributed by atoms with Crippen molar-refractivity contribution in [2.24, 2.45) is 0 Å². The highest BCUT2D eigenvalue weighted by Gasteiger charge is 2.03. The van der Waals surface area contributed by atoms with Crippen molar-refractivity contribution in [1.82, 2.24) is 0 Å². The Morgan fingerprint density at radius 2 is 0.857 bits per heavy atom. The first-order chi connectivity index (χ1) is 24.2. The van der Waals surface area contributed by atoms with E-state index in [2.05, 4.69) is 6.92 Å². The second kappa shape index (κ2) is 35.8. The van der Waals surface area contributed by atoms with E-state index < -0.39 is 0 Å². The molecule has 0 heterocycles. The summed E-state index contributed by atoms with van der Waals surface area (Å²) in [5, 5.41) is 9.65. The number of aromatic hydroxyl groups is 1. The summed E-state index contributed by atoms with van der Waals surface area (Å²) in [6, 6.07) is 4.96. The fraction of sp³-hybridized carbons (Fsp3) is 0.800. The van der Waals surface area contributed by atoms with Gasteiger partial charge in [0.25, 0.3) is 0 Å². The fourth-order valence-corrected chi connectivity index (χ4v) is 6.84. The number of benzene rings is 1. The van der Waals surface area contributed by atoms with E-state index in [1.165, 1.54) is 212 Å². The standard InChI is InChI=1S/C45H80O4/c1-3-4-5-6-7-8-9-10-11-12-13-14-15-16-17-18-19-20-21-22-23-24-25-26-27-28-29-30-31-32-33-34-35-40-49-45(47)39-37-42-36-38-43(46)44(41-42)48-2/h36-39,41,46H,3-35,40H2,1-2H3/b39-37+. The third kappa shape index (κ3) is 30.6. The number of phenols is 1. The quantitative estimate of drug-likeness (QED) is 0.0430. The van der Waals surface area contributed by atoms with Gasteiger partial charge in [-0.2, -0.15) is 0 Å². The first-order valence-corrected chi connectivity index (χ1v) is 21.4. The van der Waals surface area contributed by atoms with Gasteiger partial charge in [-0.05, 0) is 30.2 Å². The summed E-state index contributed by atoms with van der Waals surface area (Å²) in [6.07, 6.45) is 49.5. The number of hydrogen-bond donors (Lipinski definition) is 1. The van der Waals surface area contributed by atoms with Gasteiger partial charge in [0.2, 0.25) is 0 Å². The van der Waals surface area contributed by atoms with Gasteiger partial charge in [-0.15, -0.1) is 0 Å². The van der Waals surface area contributed by atoms with E-state index >= 15 is 0 Å². The van der Waals surface area contributed by atoms with Crippen LogP contribution in [0.2, 0.25) is 0 Å². The molecule has 0 aliphatic carbocycles. The highest BCUT2D eigenvalue weighted by atomic mass is 16.5. The minimum atomic E-state index is -0.331. The Bertz CT molecular complexity index is 879. The monoisotopic (exact) mass is 685 g/mol. The lowest BCUT2D eigenvalue weighted by Gasteiger charge is -2.05. The molecule has 1 aromatic rings. The summed E-state index contributed by atoms with van der Waals surface area (Å²) in [5.74, 6) is 0.138. The Morgan fingerprint density at radius 1 is 0.531 bits per heavy atom. The molecule has 0 fully saturated rings. The molecular formula is C45H80O4. The lowest BCUT2D eigenvalue weighted by Crippen LogP contribution is -2.02. The number of phenolic OH excluding ortho intramolecular Hbond substituents is 1. The molecule has 0 aromatic heterocycles. The molecule has 284 valence electrons. The van der Waals surface area contributed by atoms with Crippen molar-refractivity contribution in [3.63, 3.8) is 0 Å². The zero-order chi connectivity index (χ0) is 35.3. The molecule has 1 N–H and O–H groups in total. The third-order valence-electron chi connectivity index (χ3n) is 10.1. The Morgan fingerprint density at radius 3 is 1.18 bits per heavy atom. The molecule has 0 spiro atoms. The van der Waals surface area contributed by atoms with Crippen LogP contribution in [0.15, 0.2) is 24.3 Å². The summed E-state index contributed by atoms with van der Waals surface area (Å²) in [4.78, 5) is 11.9. The summed E-state index contributed by atoms with van der Waals surface area (Å²) < 4.78 is 10.4. The van der Waals surface area contributed by atoms with Crippen LogP contribution in [-0.2, 0) is 9.53 Å². The van der Waals surface area contributed by atoms with Crippen molar-refractivity contribution in [3.05, 3.63) is 29.8 Å². The highest BCUT2D eigenvalue weighted by Crippen LogP contribution is 2.26. The van der Waals surface area contributed by atoms with Gasteiger partial charge in [-0.3, -0.25) is 0 Å². The van der Waals surface area contributed by atoms with Gasteiger partial charge >= 0.3 is 5.97 Å². The predicted molar refractivity (Wildman–Crippen MR) is 213 cm³/mol. The molecule has 0 atom stereocenters. The molecule has 49 heavy (non-hydrogen) atoms. The van der Waals surface area contributed by atoms with Gasteiger partial charge in [-0.25, -0.2) is 4.79 Å². The van der Waals surface area contributed by atoms with Gasteiger partial charge in [-0.1, -0.05) is 218 Å². The van der Waals surface area contributed by atoms with E-state index in [0.29, 0.717) is 12.4 Å². The minimum Gasteiger partial charge on any atom is -0.504 e. The number of hydrogen-bond acceptors (Lipinski definition) is 4. The smallest absolute Gasteiger partial charge is 0.330 e. The first-order valence-electron chi connectivity index (χ1n) is 21.4. The summed E-state index contributed by atoms with van der Waals surface area (Å²) >= 11 is 0. The summed E-state index contributed by atoms with van der Waals surface area (Å²) in [5.41, 5.74) is 0.780. The molecular weight excluding hydrogens is 604 g/mol. The largest absolute Gasteiger partial charge is 0.504 e. The van der Waals surface area contributed by atoms with Gasteiger partial charge < -0.3 is 14.6 Å². The molecule has 1 aromatic carbocycles. The molecule has 0 radical (unpaired) electrons. The van der Waals surface area contributed by atoms with Crippen LogP contribution in [0.4, 0.5) is 0 Å². The normalized spacial score (nSPS) is 11.5. The second-order valence-corrected chi connectivity index (χ2v) is 14.7. The van der Waals surface area contributed by atoms with Crippen molar-refractivity contribution in [2.75, 3.05) is 13.7 Å². The Labute approximate surface area is 304 Å². The summed E-state index contributed by atoms with van der Waals surface area (Å²) in [6.45, 7) is 2.78. The number of carbonyl (C=O) groups excluding carboxylic acids is 1. The summed E-state index contributed by atoms with van der Waals surface area (Å²) in [7, 11) is 1.50. The van der Waals surface area contributed by atoms with Crippen LogP contribution >= 0.6 is 0 Å². The van der Waals surface area contributed by atoms with E-state index in [4.69, 9.17) is 9.47 Å². The highest BCUT2D eigenvalue weighted by molar-refractivity contribution is 5.87. The molecule has 4 nitrogen and oxygen atoms in total. The fourth-order valence-electron chi connectivity index (χ4n) is 6.84. The van der Waals surface area contributed by atoms with Crippen molar-refractivity contribution in [1.29, 1.82) is 0 Å². The predicted octanol–water partition coefficient (Wildman–Crippen LogP) is 14.9. The molecule has 0 saturated carbocycles. The molecule has 4 heteroatoms. The lowest BCUT2D eigenvalue weighted by molar-refractivity contribution is -0.137. The maximum atomic E-state index is 11.9. The third-order valence-corrected chi connectivity index (χ3v) is 10.1.